The molecule has 0 radical (unpaired) electrons. The van der Waals surface area contributed by atoms with Crippen molar-refractivity contribution in [1.29, 1.82) is 0 Å². The third kappa shape index (κ3) is 2.54. The van der Waals surface area contributed by atoms with Gasteiger partial charge in [0.25, 0.3) is 0 Å². The Hall–Kier alpha value is -3.90. The smallest absolute Gasteiger partial charge is 0.00141 e. The molecule has 0 aliphatic carbocycles. The summed E-state index contributed by atoms with van der Waals surface area (Å²) in [5.74, 6) is 0. The first-order valence-corrected chi connectivity index (χ1v) is 10.4. The molecule has 0 nitrogen and oxygen atoms in total. The van der Waals surface area contributed by atoms with Gasteiger partial charge in [-0.05, 0) is 54.6 Å². The van der Waals surface area contributed by atoms with Crippen molar-refractivity contribution in [1.82, 2.24) is 0 Å². The molecule has 6 aromatic carbocycles. The summed E-state index contributed by atoms with van der Waals surface area (Å²) in [5.41, 5.74) is 5.08. The van der Waals surface area contributed by atoms with Crippen LogP contribution in [0.1, 0.15) is 0 Å². The van der Waals surface area contributed by atoms with Crippen LogP contribution >= 0.6 is 0 Å². The monoisotopic (exact) mass is 380 g/mol. The minimum absolute atomic E-state index is 1.25. The Labute approximate surface area is 176 Å². The van der Waals surface area contributed by atoms with Gasteiger partial charge in [-0.25, -0.2) is 0 Å². The fourth-order valence-electron chi connectivity index (χ4n) is 4.76. The standard InChI is InChI=1S/C30H20/c1-3-11-21(12-4-1)23-19-20-28-26-17-8-7-15-24(26)25-16-9-10-18-27(25)30(28)29(23)22-13-5-2-6-14-22/h1-20H. The molecule has 0 fully saturated rings. The Balaban J connectivity index is 1.90. The topological polar surface area (TPSA) is 0 Å². The van der Waals surface area contributed by atoms with Crippen molar-refractivity contribution in [2.75, 3.05) is 0 Å². The Morgan fingerprint density at radius 2 is 0.733 bits per heavy atom. The number of fused-ring (bicyclic) bond motifs is 6. The Bertz CT molecular complexity index is 1480. The third-order valence-corrected chi connectivity index (χ3v) is 6.06. The average Bonchev–Trinajstić information content (AvgIpc) is 2.84. The van der Waals surface area contributed by atoms with Gasteiger partial charge in [0.05, 0.1) is 0 Å². The predicted molar refractivity (Wildman–Crippen MR) is 130 cm³/mol. The molecule has 140 valence electrons. The summed E-state index contributed by atoms with van der Waals surface area (Å²) in [5, 5.41) is 7.88. The van der Waals surface area contributed by atoms with Crippen LogP contribution in [0.5, 0.6) is 0 Å². The van der Waals surface area contributed by atoms with Gasteiger partial charge >= 0.3 is 0 Å². The van der Waals surface area contributed by atoms with Crippen molar-refractivity contribution in [2.45, 2.75) is 0 Å². The summed E-state index contributed by atoms with van der Waals surface area (Å²) in [6, 6.07) is 43.7. The first-order valence-electron chi connectivity index (χ1n) is 10.4. The molecule has 0 atom stereocenters. The van der Waals surface area contributed by atoms with E-state index in [0.29, 0.717) is 0 Å². The van der Waals surface area contributed by atoms with E-state index < -0.39 is 0 Å². The predicted octanol–water partition coefficient (Wildman–Crippen LogP) is 8.48. The second kappa shape index (κ2) is 6.86. The molecule has 0 aliphatic heterocycles. The quantitative estimate of drug-likeness (QED) is 0.264. The van der Waals surface area contributed by atoms with Gasteiger partial charge < -0.3 is 0 Å². The largest absolute Gasteiger partial charge is 0.0622 e. The van der Waals surface area contributed by atoms with Crippen LogP contribution in [0.25, 0.3) is 54.6 Å². The van der Waals surface area contributed by atoms with Gasteiger partial charge in [0.15, 0.2) is 0 Å². The molecular weight excluding hydrogens is 360 g/mol. The summed E-state index contributed by atoms with van der Waals surface area (Å²) in [6.45, 7) is 0. The Kier molecular flexibility index (Phi) is 3.89. The summed E-state index contributed by atoms with van der Waals surface area (Å²) >= 11 is 0. The van der Waals surface area contributed by atoms with Gasteiger partial charge in [-0.15, -0.1) is 0 Å². The molecule has 0 amide bonds. The molecule has 0 bridgehead atoms. The summed E-state index contributed by atoms with van der Waals surface area (Å²) in [7, 11) is 0. The molecule has 0 saturated carbocycles. The van der Waals surface area contributed by atoms with Crippen LogP contribution in [0.3, 0.4) is 0 Å². The Morgan fingerprint density at radius 3 is 1.33 bits per heavy atom. The van der Waals surface area contributed by atoms with E-state index in [0.717, 1.165) is 0 Å². The zero-order valence-electron chi connectivity index (χ0n) is 16.5. The van der Waals surface area contributed by atoms with Crippen molar-refractivity contribution in [3.8, 4) is 22.3 Å². The van der Waals surface area contributed by atoms with E-state index in [4.69, 9.17) is 0 Å². The molecule has 0 aromatic heterocycles. The fourth-order valence-corrected chi connectivity index (χ4v) is 4.76. The van der Waals surface area contributed by atoms with E-state index in [9.17, 15) is 0 Å². The van der Waals surface area contributed by atoms with Crippen LogP contribution in [0.2, 0.25) is 0 Å². The number of benzene rings is 6. The maximum Gasteiger partial charge on any atom is -0.00141 e. The van der Waals surface area contributed by atoms with Gasteiger partial charge in [0.2, 0.25) is 0 Å². The zero-order valence-corrected chi connectivity index (χ0v) is 16.5. The van der Waals surface area contributed by atoms with Gasteiger partial charge in [0, 0.05) is 0 Å². The Morgan fingerprint density at radius 1 is 0.300 bits per heavy atom. The van der Waals surface area contributed by atoms with Crippen LogP contribution < -0.4 is 0 Å². The molecule has 6 aromatic rings. The van der Waals surface area contributed by atoms with E-state index in [1.165, 1.54) is 54.6 Å². The molecule has 0 spiro atoms. The summed E-state index contributed by atoms with van der Waals surface area (Å²) in [6.07, 6.45) is 0. The summed E-state index contributed by atoms with van der Waals surface area (Å²) in [4.78, 5) is 0. The first kappa shape index (κ1) is 17.0. The van der Waals surface area contributed by atoms with Crippen LogP contribution in [0.15, 0.2) is 121 Å². The zero-order chi connectivity index (χ0) is 19.9. The lowest BCUT2D eigenvalue weighted by Crippen LogP contribution is -1.91. The van der Waals surface area contributed by atoms with E-state index >= 15 is 0 Å². The van der Waals surface area contributed by atoms with E-state index in [1.54, 1.807) is 0 Å². The van der Waals surface area contributed by atoms with Gasteiger partial charge in [0.1, 0.15) is 0 Å². The average molecular weight is 380 g/mol. The highest BCUT2D eigenvalue weighted by atomic mass is 14.2. The van der Waals surface area contributed by atoms with Crippen molar-refractivity contribution >= 4 is 32.3 Å². The number of hydrogen-bond acceptors (Lipinski definition) is 0. The minimum atomic E-state index is 1.25. The summed E-state index contributed by atoms with van der Waals surface area (Å²) < 4.78 is 0. The molecule has 0 heteroatoms. The fraction of sp³-hybridized carbons (Fsp3) is 0. The molecule has 6 rings (SSSR count). The lowest BCUT2D eigenvalue weighted by molar-refractivity contribution is 1.62. The maximum atomic E-state index is 2.30. The molecular formula is C30H20. The molecule has 30 heavy (non-hydrogen) atoms. The molecule has 0 N–H and O–H groups in total. The second-order valence-corrected chi connectivity index (χ2v) is 7.73. The SMILES string of the molecule is c1ccc(-c2ccc3c4ccccc4c4ccccc4c3c2-c2ccccc2)cc1. The van der Waals surface area contributed by atoms with Gasteiger partial charge in [-0.2, -0.15) is 0 Å². The minimum Gasteiger partial charge on any atom is -0.0622 e. The molecule has 0 aliphatic rings. The lowest BCUT2D eigenvalue weighted by Gasteiger charge is -2.18. The lowest BCUT2D eigenvalue weighted by atomic mass is 9.85. The third-order valence-electron chi connectivity index (χ3n) is 6.06. The highest BCUT2D eigenvalue weighted by molar-refractivity contribution is 6.29. The van der Waals surface area contributed by atoms with Crippen LogP contribution in [0, 0.1) is 0 Å². The molecule has 0 heterocycles. The highest BCUT2D eigenvalue weighted by Gasteiger charge is 2.16. The van der Waals surface area contributed by atoms with Crippen molar-refractivity contribution in [3.05, 3.63) is 121 Å². The van der Waals surface area contributed by atoms with Gasteiger partial charge in [-0.3, -0.25) is 0 Å². The molecule has 0 unspecified atom stereocenters. The number of rotatable bonds is 2. The van der Waals surface area contributed by atoms with Crippen molar-refractivity contribution in [2.24, 2.45) is 0 Å². The normalized spacial score (nSPS) is 11.3. The van der Waals surface area contributed by atoms with E-state index in [2.05, 4.69) is 121 Å². The second-order valence-electron chi connectivity index (χ2n) is 7.73. The van der Waals surface area contributed by atoms with Crippen LogP contribution in [-0.2, 0) is 0 Å². The van der Waals surface area contributed by atoms with E-state index in [-0.39, 0.29) is 0 Å². The van der Waals surface area contributed by atoms with Crippen molar-refractivity contribution < 1.29 is 0 Å². The number of hydrogen-bond donors (Lipinski definition) is 0. The van der Waals surface area contributed by atoms with Crippen LogP contribution in [0.4, 0.5) is 0 Å². The maximum absolute atomic E-state index is 2.30. The highest BCUT2D eigenvalue weighted by Crippen LogP contribution is 2.44. The van der Waals surface area contributed by atoms with E-state index in [1.807, 2.05) is 0 Å². The van der Waals surface area contributed by atoms with Crippen molar-refractivity contribution in [3.63, 3.8) is 0 Å². The molecule has 0 saturated heterocycles. The van der Waals surface area contributed by atoms with Gasteiger partial charge in [-0.1, -0.05) is 121 Å². The van der Waals surface area contributed by atoms with Crippen LogP contribution in [-0.4, -0.2) is 0 Å². The first-order chi connectivity index (χ1) is 14.9.